The summed E-state index contributed by atoms with van der Waals surface area (Å²) in [5, 5.41) is 47.3. The molecule has 0 aliphatic heterocycles. The van der Waals surface area contributed by atoms with Crippen molar-refractivity contribution in [1.29, 1.82) is 0 Å². The molecule has 0 bridgehead atoms. The van der Waals surface area contributed by atoms with Crippen molar-refractivity contribution in [2.75, 3.05) is 11.1 Å². The Hall–Kier alpha value is -10.7. The molecule has 1 amide bonds. The second-order valence-corrected chi connectivity index (χ2v) is 19.3. The van der Waals surface area contributed by atoms with Crippen molar-refractivity contribution in [3.05, 3.63) is 271 Å². The van der Waals surface area contributed by atoms with E-state index in [4.69, 9.17) is 76.6 Å². The molecule has 0 unspecified atom stereocenters. The molecule has 10 aromatic rings. The number of halogens is 9. The molecule has 34 heteroatoms. The van der Waals surface area contributed by atoms with Crippen molar-refractivity contribution in [1.82, 2.24) is 39.5 Å². The van der Waals surface area contributed by atoms with Gasteiger partial charge < -0.3 is 55.7 Å². The van der Waals surface area contributed by atoms with Crippen LogP contribution in [0.15, 0.2) is 184 Å². The summed E-state index contributed by atoms with van der Waals surface area (Å²) in [6.45, 7) is 0. The number of phenols is 1. The highest BCUT2D eigenvalue weighted by molar-refractivity contribution is 9.10. The van der Waals surface area contributed by atoms with Gasteiger partial charge in [0.15, 0.2) is 23.8 Å². The van der Waals surface area contributed by atoms with Gasteiger partial charge >= 0.3 is 17.6 Å². The maximum atomic E-state index is 13.1. The Morgan fingerprint density at radius 1 is 0.533 bits per heavy atom. The highest BCUT2D eigenvalue weighted by Gasteiger charge is 2.13. The molecule has 464 valence electrons. The second kappa shape index (κ2) is 34.0. The van der Waals surface area contributed by atoms with Crippen LogP contribution in [0.4, 0.5) is 40.8 Å². The summed E-state index contributed by atoms with van der Waals surface area (Å²) in [7, 11) is 2.85. The summed E-state index contributed by atoms with van der Waals surface area (Å²) in [6, 6.07) is 32.3. The number of anilines is 2. The number of nitrogen functional groups attached to an aromatic ring is 1. The van der Waals surface area contributed by atoms with E-state index in [1.54, 1.807) is 24.3 Å². The highest BCUT2D eigenvalue weighted by Crippen LogP contribution is 2.29. The minimum Gasteiger partial charge on any atom is -0.508 e. The number of pyridine rings is 4. The number of carboxylic acids is 1. The van der Waals surface area contributed by atoms with Crippen LogP contribution in [0.1, 0.15) is 21.0 Å². The first-order valence-corrected chi connectivity index (χ1v) is 26.6. The fraction of sp³-hybridized carbons (Fsp3) is 0.0357. The van der Waals surface area contributed by atoms with Gasteiger partial charge in [0.25, 0.3) is 17.0 Å². The van der Waals surface area contributed by atoms with E-state index in [0.717, 1.165) is 38.1 Å². The Morgan fingerprint density at radius 2 is 0.922 bits per heavy atom. The first kappa shape index (κ1) is 70.1. The average Bonchev–Trinajstić information content (AvgIpc) is 3.56. The normalized spacial score (nSPS) is 9.99. The van der Waals surface area contributed by atoms with Crippen LogP contribution in [0.2, 0.25) is 20.1 Å². The van der Waals surface area contributed by atoms with Crippen LogP contribution in [0.5, 0.6) is 40.2 Å². The molecular weight excluding hydrogens is 1350 g/mol. The largest absolute Gasteiger partial charge is 0.508 e. The van der Waals surface area contributed by atoms with Crippen molar-refractivity contribution in [3.8, 4) is 40.2 Å². The summed E-state index contributed by atoms with van der Waals surface area (Å²) in [6.07, 6.45) is 5.46. The number of aromatic hydroxyl groups is 1. The number of carbonyl (C=O) groups excluding carboxylic acids is 1. The molecule has 0 spiro atoms. The van der Waals surface area contributed by atoms with E-state index in [9.17, 15) is 57.0 Å². The first-order valence-electron chi connectivity index (χ1n) is 24.3. The van der Waals surface area contributed by atoms with Gasteiger partial charge in [-0.2, -0.15) is 10.2 Å². The quantitative estimate of drug-likeness (QED) is 0.0531. The fourth-order valence-corrected chi connectivity index (χ4v) is 6.84. The predicted molar refractivity (Wildman–Crippen MR) is 324 cm³/mol. The van der Waals surface area contributed by atoms with Crippen LogP contribution in [0, 0.1) is 43.5 Å². The zero-order chi connectivity index (χ0) is 66.2. The number of nitrogens with two attached hydrogens (primary N) is 1. The predicted octanol–water partition coefficient (Wildman–Crippen LogP) is 13.3. The number of nitrogens with zero attached hydrogens (tertiary/aromatic N) is 10. The monoisotopic (exact) mass is 1380 g/mol. The number of aryl methyl sites for hydroxylation is 2. The van der Waals surface area contributed by atoms with Crippen LogP contribution in [0.3, 0.4) is 0 Å². The van der Waals surface area contributed by atoms with Crippen LogP contribution in [0.25, 0.3) is 0 Å². The fourth-order valence-electron chi connectivity index (χ4n) is 5.92. The Labute approximate surface area is 531 Å². The number of carbonyl (C=O) groups is 2. The maximum Gasteiger partial charge on any atom is 0.363 e. The van der Waals surface area contributed by atoms with E-state index in [1.807, 2.05) is 0 Å². The minimum atomic E-state index is -1.14. The summed E-state index contributed by atoms with van der Waals surface area (Å²) >= 11 is 25.3. The molecule has 0 fully saturated rings. The number of amides is 1. The molecule has 6 heterocycles. The number of aromatic nitrogens is 8. The zero-order valence-corrected chi connectivity index (χ0v) is 50.1. The lowest BCUT2D eigenvalue weighted by atomic mass is 10.3. The lowest BCUT2D eigenvalue weighted by molar-refractivity contribution is -0.389. The Morgan fingerprint density at radius 3 is 1.28 bits per heavy atom. The van der Waals surface area contributed by atoms with Gasteiger partial charge in [0.1, 0.15) is 75.1 Å². The number of rotatable bonds is 11. The number of phenolic OH excluding ortho intramolecular Hbond substituents is 1. The van der Waals surface area contributed by atoms with Crippen molar-refractivity contribution >= 4 is 97.5 Å². The van der Waals surface area contributed by atoms with Gasteiger partial charge in [0.05, 0.1) is 37.0 Å². The molecule has 0 atom stereocenters. The van der Waals surface area contributed by atoms with Crippen LogP contribution < -0.4 is 36.4 Å². The molecule has 5 N–H and O–H groups in total. The zero-order valence-electron chi connectivity index (χ0n) is 45.5. The summed E-state index contributed by atoms with van der Waals surface area (Å²) in [5.74, 6) is -1.20. The SMILES string of the molecule is Cn1nc(C(=O)Nc2ccc(Oc3ccc(F)c(Cl)c3)cn2)ccc1=O.Cn1nc(C(=O)O)ccc1=O.Nc1ccc(Oc2ccc(F)c(Cl)c2)cn1.O=[N+]([O-])c1ccc(Br)cn1.O=[N+]([O-])c1ccc(Oc2ccc(F)c(Cl)c2)cn1.Oc1ccc(F)c(Cl)c1. The summed E-state index contributed by atoms with van der Waals surface area (Å²) in [4.78, 5) is 78.7. The third kappa shape index (κ3) is 23.2. The number of benzene rings is 4. The minimum absolute atomic E-state index is 0.0147. The van der Waals surface area contributed by atoms with Gasteiger partial charge in [-0.15, -0.1) is 0 Å². The Bertz CT molecular complexity index is 4270. The summed E-state index contributed by atoms with van der Waals surface area (Å²) < 4.78 is 70.2. The van der Waals surface area contributed by atoms with Crippen molar-refractivity contribution in [2.45, 2.75) is 0 Å². The Kier molecular flexibility index (Phi) is 26.5. The summed E-state index contributed by atoms with van der Waals surface area (Å²) in [5.41, 5.74) is 4.73. The molecule has 90 heavy (non-hydrogen) atoms. The number of hydrogen-bond donors (Lipinski definition) is 4. The molecule has 6 aromatic heterocycles. The molecule has 10 rings (SSSR count). The van der Waals surface area contributed by atoms with Crippen molar-refractivity contribution in [3.63, 3.8) is 0 Å². The number of aromatic carboxylic acids is 1. The number of nitrogens with one attached hydrogen (secondary N) is 1. The molecule has 0 saturated heterocycles. The van der Waals surface area contributed by atoms with Gasteiger partial charge in [-0.05, 0) is 133 Å². The topological polar surface area (TPSA) is 348 Å². The van der Waals surface area contributed by atoms with E-state index >= 15 is 0 Å². The molecule has 25 nitrogen and oxygen atoms in total. The maximum absolute atomic E-state index is 13.1. The molecule has 0 aliphatic rings. The van der Waals surface area contributed by atoms with Gasteiger partial charge in [0, 0.05) is 62.6 Å². The van der Waals surface area contributed by atoms with Crippen molar-refractivity contribution in [2.24, 2.45) is 14.1 Å². The van der Waals surface area contributed by atoms with Crippen LogP contribution in [-0.2, 0) is 14.1 Å². The molecule has 0 saturated carbocycles. The van der Waals surface area contributed by atoms with Crippen LogP contribution >= 0.6 is 62.3 Å². The lowest BCUT2D eigenvalue weighted by Gasteiger charge is -2.08. The van der Waals surface area contributed by atoms with E-state index < -0.39 is 45.0 Å². The van der Waals surface area contributed by atoms with E-state index in [2.05, 4.69) is 51.4 Å². The van der Waals surface area contributed by atoms with Gasteiger partial charge in [-0.3, -0.25) is 14.4 Å². The smallest absolute Gasteiger partial charge is 0.363 e. The van der Waals surface area contributed by atoms with Gasteiger partial charge in [0.2, 0.25) is 0 Å². The third-order valence-electron chi connectivity index (χ3n) is 10.2. The number of ether oxygens (including phenoxy) is 3. The number of nitro groups is 2. The van der Waals surface area contributed by atoms with Crippen LogP contribution in [-0.4, -0.2) is 71.4 Å². The van der Waals surface area contributed by atoms with Gasteiger partial charge in [-0.25, -0.2) is 41.7 Å². The number of hydrogen-bond acceptors (Lipinski definition) is 19. The van der Waals surface area contributed by atoms with Gasteiger partial charge in [-0.1, -0.05) is 46.4 Å². The average molecular weight is 1390 g/mol. The lowest BCUT2D eigenvalue weighted by Crippen LogP contribution is -2.23. The van der Waals surface area contributed by atoms with E-state index in [0.29, 0.717) is 40.3 Å². The van der Waals surface area contributed by atoms with E-state index in [-0.39, 0.29) is 65.8 Å². The second-order valence-electron chi connectivity index (χ2n) is 16.8. The highest BCUT2D eigenvalue weighted by atomic mass is 79.9. The molecule has 4 aromatic carbocycles. The third-order valence-corrected chi connectivity index (χ3v) is 11.8. The van der Waals surface area contributed by atoms with Crippen molar-refractivity contribution < 1.29 is 61.4 Å². The standard InChI is InChI=1S/C17H12ClFN4O3.C11H6ClFN2O3.C11H8ClFN2O.C6H4ClFO.C6H6N2O3.C5H3BrN2O2/c1-23-16(24)7-5-14(22-23)17(25)21-15-6-3-11(9-20-15)26-10-2-4-13(19)12(18)8-10;12-9-5-7(1-3-10(9)13)18-8-2-4-11(14-6-8)15(16)17;12-9-5-7(1-3-10(9)13)16-8-2-4-11(14)15-6-8;7-5-3-4(9)1-2-6(5)8;1-8-5(9)3-2-4(7-8)6(10)11;6-4-1-2-5(7-3-4)8(9)10/h2-9H,1H3,(H,20,21,25);1-6H;1-6H,(H2,14,15);1-3,9H;2-3H,1H3,(H,10,11);1-3H. The van der Waals surface area contributed by atoms with E-state index in [1.165, 1.54) is 136 Å². The Balaban J connectivity index is 0.000000205. The molecular formula is C56H39BrCl4F4N12O13. The first-order chi connectivity index (χ1) is 42.6. The molecule has 0 radical (unpaired) electrons. The number of carboxylic acid groups (broad SMARTS) is 1. The molecule has 0 aliphatic carbocycles.